The van der Waals surface area contributed by atoms with Crippen LogP contribution in [-0.4, -0.2) is 55.9 Å². The van der Waals surface area contributed by atoms with E-state index >= 15 is 0 Å². The van der Waals surface area contributed by atoms with Gasteiger partial charge in [-0.1, -0.05) is 6.92 Å². The van der Waals surface area contributed by atoms with Gasteiger partial charge < -0.3 is 14.8 Å². The molecule has 0 saturated carbocycles. The molecule has 110 valence electrons. The summed E-state index contributed by atoms with van der Waals surface area (Å²) in [4.78, 5) is 24.9. The minimum atomic E-state index is -0.391. The molecule has 1 N–H and O–H groups in total. The molecular weight excluding hydrogens is 248 g/mol. The van der Waals surface area contributed by atoms with Crippen LogP contribution < -0.4 is 5.32 Å². The third-order valence-electron chi connectivity index (χ3n) is 2.99. The molecule has 0 aromatic heterocycles. The van der Waals surface area contributed by atoms with Crippen molar-refractivity contribution in [3.8, 4) is 0 Å². The molecule has 1 heterocycles. The first-order valence-electron chi connectivity index (χ1n) is 6.86. The van der Waals surface area contributed by atoms with Crippen LogP contribution in [0, 0.1) is 5.92 Å². The number of likely N-dealkylation sites (tertiary alicyclic amines) is 1. The second-order valence-corrected chi connectivity index (χ2v) is 4.90. The second-order valence-electron chi connectivity index (χ2n) is 4.90. The Bertz CT molecular complexity index is 281. The molecule has 0 aromatic carbocycles. The summed E-state index contributed by atoms with van der Waals surface area (Å²) in [6.07, 6.45) is 0.510. The zero-order valence-corrected chi connectivity index (χ0v) is 12.0. The molecule has 0 radical (unpaired) electrons. The Hall–Kier alpha value is -1.30. The molecule has 2 atom stereocenters. The Labute approximate surface area is 114 Å². The molecule has 1 aliphatic rings. The Morgan fingerprint density at radius 2 is 1.89 bits per heavy atom. The first-order chi connectivity index (χ1) is 9.05. The Morgan fingerprint density at radius 1 is 1.21 bits per heavy atom. The number of hydrogen-bond donors (Lipinski definition) is 1. The molecule has 1 saturated heterocycles. The average Bonchev–Trinajstić information content (AvgIpc) is 2.28. The summed E-state index contributed by atoms with van der Waals surface area (Å²) in [5.74, 6) is 0.210. The van der Waals surface area contributed by atoms with Gasteiger partial charge in [0.05, 0.1) is 19.8 Å². The number of nitrogens with zero attached hydrogens (tertiary/aromatic N) is 1. The Morgan fingerprint density at radius 3 is 2.53 bits per heavy atom. The van der Waals surface area contributed by atoms with Crippen LogP contribution >= 0.6 is 0 Å². The smallest absolute Gasteiger partial charge is 0.407 e. The molecule has 6 heteroatoms. The van der Waals surface area contributed by atoms with Crippen LogP contribution in [0.15, 0.2) is 0 Å². The van der Waals surface area contributed by atoms with Gasteiger partial charge in [-0.05, 0) is 26.2 Å². The van der Waals surface area contributed by atoms with E-state index in [1.807, 2.05) is 4.90 Å². The van der Waals surface area contributed by atoms with Gasteiger partial charge in [-0.25, -0.2) is 4.79 Å². The van der Waals surface area contributed by atoms with E-state index in [0.717, 1.165) is 13.0 Å². The third-order valence-corrected chi connectivity index (χ3v) is 2.99. The van der Waals surface area contributed by atoms with Gasteiger partial charge in [0.25, 0.3) is 0 Å². The number of alkyl carbamates (subject to hydrolysis) is 1. The van der Waals surface area contributed by atoms with Crippen LogP contribution in [0.1, 0.15) is 27.2 Å². The summed E-state index contributed by atoms with van der Waals surface area (Å²) >= 11 is 0. The van der Waals surface area contributed by atoms with Gasteiger partial charge in [0, 0.05) is 19.1 Å². The Kier molecular flexibility index (Phi) is 6.62. The van der Waals surface area contributed by atoms with Gasteiger partial charge >= 0.3 is 12.1 Å². The fraction of sp³-hybridized carbons (Fsp3) is 0.846. The standard InChI is InChI=1S/C13H24N2O4/c1-4-18-12(16)9-15-7-10(3)6-11(8-15)14-13(17)19-5-2/h10-11H,4-9H2,1-3H3,(H,14,17). The van der Waals surface area contributed by atoms with E-state index in [-0.39, 0.29) is 18.6 Å². The van der Waals surface area contributed by atoms with E-state index in [9.17, 15) is 9.59 Å². The van der Waals surface area contributed by atoms with Crippen molar-refractivity contribution in [1.29, 1.82) is 0 Å². The highest BCUT2D eigenvalue weighted by molar-refractivity contribution is 5.71. The fourth-order valence-corrected chi connectivity index (χ4v) is 2.42. The number of piperidine rings is 1. The average molecular weight is 272 g/mol. The van der Waals surface area contributed by atoms with Gasteiger partial charge in [0.15, 0.2) is 0 Å². The number of carbonyl (C=O) groups is 2. The highest BCUT2D eigenvalue weighted by Gasteiger charge is 2.27. The third kappa shape index (κ3) is 5.92. The zero-order chi connectivity index (χ0) is 14.3. The predicted octanol–water partition coefficient (Wildman–Crippen LogP) is 1.01. The number of amides is 1. The molecule has 1 rings (SSSR count). The van der Waals surface area contributed by atoms with E-state index in [1.165, 1.54) is 0 Å². The number of rotatable bonds is 5. The number of esters is 1. The Balaban J connectivity index is 2.43. The molecule has 0 spiro atoms. The van der Waals surface area contributed by atoms with Crippen LogP contribution in [0.3, 0.4) is 0 Å². The summed E-state index contributed by atoms with van der Waals surface area (Å²) < 4.78 is 9.82. The summed E-state index contributed by atoms with van der Waals surface area (Å²) in [5.41, 5.74) is 0. The molecule has 19 heavy (non-hydrogen) atoms. The molecule has 1 amide bonds. The number of ether oxygens (including phenoxy) is 2. The van der Waals surface area contributed by atoms with Crippen LogP contribution in [0.2, 0.25) is 0 Å². The maximum absolute atomic E-state index is 11.5. The largest absolute Gasteiger partial charge is 0.465 e. The molecule has 0 aliphatic carbocycles. The zero-order valence-electron chi connectivity index (χ0n) is 12.0. The highest BCUT2D eigenvalue weighted by Crippen LogP contribution is 2.16. The number of hydrogen-bond acceptors (Lipinski definition) is 5. The normalized spacial score (nSPS) is 23.7. The lowest BCUT2D eigenvalue weighted by atomic mass is 9.96. The summed E-state index contributed by atoms with van der Waals surface area (Å²) in [7, 11) is 0. The molecule has 2 unspecified atom stereocenters. The molecule has 1 fully saturated rings. The number of carbonyl (C=O) groups excluding carboxylic acids is 2. The predicted molar refractivity (Wildman–Crippen MR) is 70.8 cm³/mol. The van der Waals surface area contributed by atoms with Crippen LogP contribution in [-0.2, 0) is 14.3 Å². The lowest BCUT2D eigenvalue weighted by Gasteiger charge is -2.35. The SMILES string of the molecule is CCOC(=O)CN1CC(C)CC(NC(=O)OCC)C1. The highest BCUT2D eigenvalue weighted by atomic mass is 16.5. The topological polar surface area (TPSA) is 67.9 Å². The van der Waals surface area contributed by atoms with E-state index in [1.54, 1.807) is 13.8 Å². The fourth-order valence-electron chi connectivity index (χ4n) is 2.42. The van der Waals surface area contributed by atoms with Crippen LogP contribution in [0.5, 0.6) is 0 Å². The quantitative estimate of drug-likeness (QED) is 0.756. The molecule has 1 aliphatic heterocycles. The van der Waals surface area contributed by atoms with Crippen molar-refractivity contribution in [2.24, 2.45) is 5.92 Å². The first kappa shape index (κ1) is 15.8. The van der Waals surface area contributed by atoms with E-state index in [2.05, 4.69) is 12.2 Å². The van der Waals surface area contributed by atoms with Gasteiger partial charge in [0.2, 0.25) is 0 Å². The summed E-state index contributed by atoms with van der Waals surface area (Å²) in [6, 6.07) is 0.0252. The van der Waals surface area contributed by atoms with E-state index in [0.29, 0.717) is 25.7 Å². The van der Waals surface area contributed by atoms with E-state index < -0.39 is 6.09 Å². The minimum absolute atomic E-state index is 0.0252. The van der Waals surface area contributed by atoms with Crippen molar-refractivity contribution in [3.63, 3.8) is 0 Å². The maximum Gasteiger partial charge on any atom is 0.407 e. The van der Waals surface area contributed by atoms with Gasteiger partial charge in [-0.2, -0.15) is 0 Å². The second kappa shape index (κ2) is 7.99. The van der Waals surface area contributed by atoms with Crippen molar-refractivity contribution in [1.82, 2.24) is 10.2 Å². The van der Waals surface area contributed by atoms with Gasteiger partial charge in [-0.3, -0.25) is 9.69 Å². The first-order valence-corrected chi connectivity index (χ1v) is 6.86. The van der Waals surface area contributed by atoms with Crippen LogP contribution in [0.25, 0.3) is 0 Å². The lowest BCUT2D eigenvalue weighted by Crippen LogP contribution is -2.51. The summed E-state index contributed by atoms with van der Waals surface area (Å²) in [6.45, 7) is 8.21. The van der Waals surface area contributed by atoms with Crippen LogP contribution in [0.4, 0.5) is 4.79 Å². The van der Waals surface area contributed by atoms with E-state index in [4.69, 9.17) is 9.47 Å². The van der Waals surface area contributed by atoms with Crippen molar-refractivity contribution < 1.29 is 19.1 Å². The van der Waals surface area contributed by atoms with Gasteiger partial charge in [-0.15, -0.1) is 0 Å². The molecule has 0 aromatic rings. The maximum atomic E-state index is 11.5. The van der Waals surface area contributed by atoms with Crippen molar-refractivity contribution in [2.45, 2.75) is 33.2 Å². The van der Waals surface area contributed by atoms with Crippen molar-refractivity contribution >= 4 is 12.1 Å². The van der Waals surface area contributed by atoms with Gasteiger partial charge in [0.1, 0.15) is 0 Å². The minimum Gasteiger partial charge on any atom is -0.465 e. The molecular formula is C13H24N2O4. The summed E-state index contributed by atoms with van der Waals surface area (Å²) in [5, 5.41) is 2.83. The van der Waals surface area contributed by atoms with Crippen molar-refractivity contribution in [3.05, 3.63) is 0 Å². The monoisotopic (exact) mass is 272 g/mol. The van der Waals surface area contributed by atoms with Crippen molar-refractivity contribution in [2.75, 3.05) is 32.8 Å². The lowest BCUT2D eigenvalue weighted by molar-refractivity contribution is -0.144. The molecule has 6 nitrogen and oxygen atoms in total. The molecule has 0 bridgehead atoms. The number of nitrogens with one attached hydrogen (secondary N) is 1.